The van der Waals surface area contributed by atoms with E-state index in [2.05, 4.69) is 58.9 Å². The molecule has 0 atom stereocenters. The molecule has 1 aliphatic carbocycles. The summed E-state index contributed by atoms with van der Waals surface area (Å²) in [5.74, 6) is 2.48. The number of fused-ring (bicyclic) bond motifs is 1. The van der Waals surface area contributed by atoms with Crippen LogP contribution in [0.5, 0.6) is 0 Å². The molecule has 2 N–H and O–H groups in total. The van der Waals surface area contributed by atoms with E-state index in [0.29, 0.717) is 6.04 Å². The minimum Gasteiger partial charge on any atom is -0.362 e. The number of hydrogen-bond donors (Lipinski definition) is 2. The van der Waals surface area contributed by atoms with E-state index < -0.39 is 0 Å². The van der Waals surface area contributed by atoms with Gasteiger partial charge in [0.1, 0.15) is 5.82 Å². The maximum absolute atomic E-state index is 4.83. The second-order valence-electron chi connectivity index (χ2n) is 11.1. The standard InChI is InChI=1S/C32H47N5/c1-4-5-6-7-8-9-12-25-15-17-26(18-16-25)23-33-24-27-19-21-28(22-20-27)34-32-35-30-14-11-10-13-29(30)31(36-32)37(2)3/h10-11,13-18,27-28,33H,4-9,12,19-24H2,1-3H3,(H,34,35,36). The van der Waals surface area contributed by atoms with E-state index in [9.17, 15) is 0 Å². The van der Waals surface area contributed by atoms with Gasteiger partial charge in [-0.3, -0.25) is 0 Å². The maximum atomic E-state index is 4.83. The monoisotopic (exact) mass is 501 g/mol. The van der Waals surface area contributed by atoms with Gasteiger partial charge in [-0.05, 0) is 74.2 Å². The summed E-state index contributed by atoms with van der Waals surface area (Å²) in [7, 11) is 4.09. The van der Waals surface area contributed by atoms with Crippen LogP contribution in [0.1, 0.15) is 82.3 Å². The average molecular weight is 502 g/mol. The number of benzene rings is 2. The lowest BCUT2D eigenvalue weighted by molar-refractivity contribution is 0.324. The van der Waals surface area contributed by atoms with Crippen LogP contribution < -0.4 is 15.5 Å². The Labute approximate surface area is 224 Å². The van der Waals surface area contributed by atoms with Crippen molar-refractivity contribution >= 4 is 22.7 Å². The van der Waals surface area contributed by atoms with Gasteiger partial charge in [0, 0.05) is 32.1 Å². The van der Waals surface area contributed by atoms with Crippen molar-refractivity contribution in [1.29, 1.82) is 0 Å². The fourth-order valence-corrected chi connectivity index (χ4v) is 5.51. The Morgan fingerprint density at radius 1 is 0.811 bits per heavy atom. The van der Waals surface area contributed by atoms with Gasteiger partial charge in [-0.15, -0.1) is 0 Å². The third kappa shape index (κ3) is 8.43. The van der Waals surface area contributed by atoms with Gasteiger partial charge in [0.05, 0.1) is 5.52 Å². The minimum atomic E-state index is 0.451. The lowest BCUT2D eigenvalue weighted by atomic mass is 9.86. The molecule has 4 rings (SSSR count). The summed E-state index contributed by atoms with van der Waals surface area (Å²) in [5, 5.41) is 8.45. The van der Waals surface area contributed by atoms with Crippen LogP contribution >= 0.6 is 0 Å². The molecule has 1 aromatic heterocycles. The van der Waals surface area contributed by atoms with E-state index in [1.807, 2.05) is 26.2 Å². The van der Waals surface area contributed by atoms with Gasteiger partial charge in [-0.25, -0.2) is 4.98 Å². The van der Waals surface area contributed by atoms with Crippen molar-refractivity contribution in [3.63, 3.8) is 0 Å². The van der Waals surface area contributed by atoms with Gasteiger partial charge in [-0.1, -0.05) is 75.4 Å². The van der Waals surface area contributed by atoms with Crippen molar-refractivity contribution in [3.05, 3.63) is 59.7 Å². The number of nitrogens with zero attached hydrogens (tertiary/aromatic N) is 3. The molecule has 0 unspecified atom stereocenters. The van der Waals surface area contributed by atoms with Crippen LogP contribution in [-0.2, 0) is 13.0 Å². The molecule has 1 fully saturated rings. The molecule has 1 aliphatic rings. The van der Waals surface area contributed by atoms with Crippen LogP contribution in [0, 0.1) is 5.92 Å². The fraction of sp³-hybridized carbons (Fsp3) is 0.562. The first-order valence-corrected chi connectivity index (χ1v) is 14.6. The first-order valence-electron chi connectivity index (χ1n) is 14.6. The Kier molecular flexibility index (Phi) is 10.6. The summed E-state index contributed by atoms with van der Waals surface area (Å²) in [4.78, 5) is 11.7. The van der Waals surface area contributed by atoms with Crippen molar-refractivity contribution in [2.45, 2.75) is 90.1 Å². The van der Waals surface area contributed by atoms with E-state index in [1.165, 1.54) is 81.8 Å². The molecular formula is C32H47N5. The van der Waals surface area contributed by atoms with Gasteiger partial charge in [0.25, 0.3) is 0 Å². The number of nitrogens with one attached hydrogen (secondary N) is 2. The van der Waals surface area contributed by atoms with Crippen LogP contribution in [0.4, 0.5) is 11.8 Å². The normalized spacial score (nSPS) is 17.7. The van der Waals surface area contributed by atoms with E-state index in [1.54, 1.807) is 0 Å². The third-order valence-electron chi connectivity index (χ3n) is 7.79. The van der Waals surface area contributed by atoms with Crippen molar-refractivity contribution in [3.8, 4) is 0 Å². The zero-order valence-electron chi connectivity index (χ0n) is 23.3. The molecule has 1 heterocycles. The molecule has 0 aliphatic heterocycles. The van der Waals surface area contributed by atoms with Gasteiger partial charge < -0.3 is 15.5 Å². The lowest BCUT2D eigenvalue weighted by Gasteiger charge is -2.29. The van der Waals surface area contributed by atoms with E-state index in [-0.39, 0.29) is 0 Å². The zero-order valence-corrected chi connectivity index (χ0v) is 23.3. The van der Waals surface area contributed by atoms with Crippen molar-refractivity contribution in [2.75, 3.05) is 30.9 Å². The summed E-state index contributed by atoms with van der Waals surface area (Å²) in [5.41, 5.74) is 3.88. The number of para-hydroxylation sites is 1. The van der Waals surface area contributed by atoms with Crippen molar-refractivity contribution in [1.82, 2.24) is 15.3 Å². The Bertz CT molecular complexity index is 1070. The molecule has 0 amide bonds. The molecule has 5 nitrogen and oxygen atoms in total. The van der Waals surface area contributed by atoms with Crippen LogP contribution in [0.3, 0.4) is 0 Å². The number of aromatic nitrogens is 2. The number of anilines is 2. The first-order chi connectivity index (χ1) is 18.1. The summed E-state index contributed by atoms with van der Waals surface area (Å²) < 4.78 is 0. The predicted molar refractivity (Wildman–Crippen MR) is 158 cm³/mol. The number of unbranched alkanes of at least 4 members (excludes halogenated alkanes) is 5. The summed E-state index contributed by atoms with van der Waals surface area (Å²) in [6, 6.07) is 18.0. The number of aryl methyl sites for hydroxylation is 1. The van der Waals surface area contributed by atoms with Crippen LogP contribution in [0.2, 0.25) is 0 Å². The second-order valence-corrected chi connectivity index (χ2v) is 11.1. The topological polar surface area (TPSA) is 53.1 Å². The zero-order chi connectivity index (χ0) is 25.9. The van der Waals surface area contributed by atoms with E-state index in [4.69, 9.17) is 9.97 Å². The first kappa shape index (κ1) is 27.4. The smallest absolute Gasteiger partial charge is 0.225 e. The molecule has 0 spiro atoms. The Balaban J connectivity index is 1.15. The second kappa shape index (κ2) is 14.3. The lowest BCUT2D eigenvalue weighted by Crippen LogP contribution is -2.31. The molecule has 200 valence electrons. The van der Waals surface area contributed by atoms with E-state index >= 15 is 0 Å². The Morgan fingerprint density at radius 3 is 2.27 bits per heavy atom. The van der Waals surface area contributed by atoms with Crippen LogP contribution in [0.25, 0.3) is 10.9 Å². The molecule has 2 aromatic carbocycles. The number of hydrogen-bond acceptors (Lipinski definition) is 5. The third-order valence-corrected chi connectivity index (χ3v) is 7.79. The van der Waals surface area contributed by atoms with Crippen molar-refractivity contribution < 1.29 is 0 Å². The highest BCUT2D eigenvalue weighted by Gasteiger charge is 2.22. The Hall–Kier alpha value is -2.66. The Morgan fingerprint density at radius 2 is 1.51 bits per heavy atom. The SMILES string of the molecule is CCCCCCCCc1ccc(CNCC2CCC(Nc3nc(N(C)C)c4ccccc4n3)CC2)cc1. The summed E-state index contributed by atoms with van der Waals surface area (Å²) in [6.45, 7) is 4.35. The minimum absolute atomic E-state index is 0.451. The van der Waals surface area contributed by atoms with Gasteiger partial charge >= 0.3 is 0 Å². The fourth-order valence-electron chi connectivity index (χ4n) is 5.51. The quantitative estimate of drug-likeness (QED) is 0.226. The highest BCUT2D eigenvalue weighted by Crippen LogP contribution is 2.28. The van der Waals surface area contributed by atoms with E-state index in [0.717, 1.165) is 41.7 Å². The average Bonchev–Trinajstić information content (AvgIpc) is 2.92. The molecule has 3 aromatic rings. The maximum Gasteiger partial charge on any atom is 0.225 e. The summed E-state index contributed by atoms with van der Waals surface area (Å²) in [6.07, 6.45) is 14.3. The van der Waals surface area contributed by atoms with Crippen LogP contribution in [0.15, 0.2) is 48.5 Å². The molecular weight excluding hydrogens is 454 g/mol. The largest absolute Gasteiger partial charge is 0.362 e. The van der Waals surface area contributed by atoms with Gasteiger partial charge in [-0.2, -0.15) is 4.98 Å². The van der Waals surface area contributed by atoms with Crippen LogP contribution in [-0.4, -0.2) is 36.6 Å². The van der Waals surface area contributed by atoms with Crippen molar-refractivity contribution in [2.24, 2.45) is 5.92 Å². The highest BCUT2D eigenvalue weighted by molar-refractivity contribution is 5.90. The molecule has 0 radical (unpaired) electrons. The van der Waals surface area contributed by atoms with Gasteiger partial charge in [0.2, 0.25) is 5.95 Å². The van der Waals surface area contributed by atoms with Gasteiger partial charge in [0.15, 0.2) is 0 Å². The molecule has 0 saturated heterocycles. The molecule has 0 bridgehead atoms. The molecule has 5 heteroatoms. The predicted octanol–water partition coefficient (Wildman–Crippen LogP) is 7.36. The highest BCUT2D eigenvalue weighted by atomic mass is 15.2. The molecule has 1 saturated carbocycles. The molecule has 37 heavy (non-hydrogen) atoms. The summed E-state index contributed by atoms with van der Waals surface area (Å²) >= 11 is 0. The number of rotatable bonds is 14.